The molecule has 0 amide bonds. The maximum atomic E-state index is 9.57. The van der Waals surface area contributed by atoms with E-state index >= 15 is 0 Å². The van der Waals surface area contributed by atoms with Crippen molar-refractivity contribution in [1.82, 2.24) is 0 Å². The first kappa shape index (κ1) is 46.3. The molecule has 0 aliphatic carbocycles. The fraction of sp³-hybridized carbons (Fsp3) is 0.250. The van der Waals surface area contributed by atoms with Gasteiger partial charge in [0.05, 0.1) is 0 Å². The average molecular weight is 886 g/mol. The summed E-state index contributed by atoms with van der Waals surface area (Å²) in [6.45, 7) is 26.4. The molecule has 60 heavy (non-hydrogen) atoms. The molecule has 0 spiro atoms. The molecule has 0 atom stereocenters. The van der Waals surface area contributed by atoms with Gasteiger partial charge in [-0.25, -0.2) is 0 Å². The van der Waals surface area contributed by atoms with Crippen LogP contribution in [-0.4, -0.2) is 18.3 Å². The average Bonchev–Trinajstić information content (AvgIpc) is 3.73. The summed E-state index contributed by atoms with van der Waals surface area (Å²) in [5.41, 5.74) is 12.6. The van der Waals surface area contributed by atoms with Crippen molar-refractivity contribution in [2.45, 2.75) is 93.2 Å². The Labute approximate surface area is 379 Å². The van der Waals surface area contributed by atoms with E-state index in [4.69, 9.17) is 0 Å². The summed E-state index contributed by atoms with van der Waals surface area (Å²) >= 11 is 0. The molecule has 2 N–H and O–H groups in total. The molecular weight excluding hydrogens is 824 g/mol. The van der Waals surface area contributed by atoms with Gasteiger partial charge >= 0.3 is 26.2 Å². The third-order valence-corrected chi connectivity index (χ3v) is 15.4. The van der Waals surface area contributed by atoms with E-state index in [2.05, 4.69) is 178 Å². The number of fused-ring (bicyclic) bond motifs is 2. The van der Waals surface area contributed by atoms with Crippen molar-refractivity contribution in [3.05, 3.63) is 179 Å². The zero-order valence-electron chi connectivity index (χ0n) is 37.8. The Bertz CT molecular complexity index is 2510. The maximum Gasteiger partial charge on any atom is 2.00 e. The normalized spacial score (nSPS) is 11.7. The molecule has 0 aliphatic heterocycles. The summed E-state index contributed by atoms with van der Waals surface area (Å²) in [4.78, 5) is 0. The number of phenols is 2. The van der Waals surface area contributed by atoms with Crippen LogP contribution < -0.4 is 10.4 Å². The molecule has 0 bridgehead atoms. The van der Waals surface area contributed by atoms with Crippen molar-refractivity contribution in [3.8, 4) is 33.8 Å². The van der Waals surface area contributed by atoms with Crippen molar-refractivity contribution in [1.29, 1.82) is 0 Å². The third kappa shape index (κ3) is 9.88. The number of aromatic hydroxyl groups is 2. The van der Waals surface area contributed by atoms with Gasteiger partial charge in [-0.15, -0.1) is 69.1 Å². The molecule has 8 aromatic carbocycles. The summed E-state index contributed by atoms with van der Waals surface area (Å²) in [6.07, 6.45) is 0. The second-order valence-electron chi connectivity index (χ2n) is 18.8. The molecule has 0 aromatic heterocycles. The van der Waals surface area contributed by atoms with Crippen LogP contribution in [0.1, 0.15) is 74.9 Å². The maximum absolute atomic E-state index is 9.57. The predicted molar refractivity (Wildman–Crippen MR) is 259 cm³/mol. The largest absolute Gasteiger partial charge is 2.00 e. The second-order valence-corrected chi connectivity index (χ2v) is 23.1. The molecule has 0 aliphatic rings. The molecule has 2 nitrogen and oxygen atoms in total. The summed E-state index contributed by atoms with van der Waals surface area (Å²) in [7, 11) is -2.10. The van der Waals surface area contributed by atoms with Gasteiger partial charge in [0, 0.05) is 8.07 Å². The smallest absolute Gasteiger partial charge is 0.508 e. The molecule has 0 heterocycles. The Morgan fingerprint density at radius 3 is 1.12 bits per heavy atom. The van der Waals surface area contributed by atoms with Gasteiger partial charge < -0.3 is 10.2 Å². The van der Waals surface area contributed by atoms with Gasteiger partial charge in [-0.1, -0.05) is 188 Å². The van der Waals surface area contributed by atoms with Crippen LogP contribution in [0.15, 0.2) is 146 Å². The van der Waals surface area contributed by atoms with E-state index in [0.29, 0.717) is 11.5 Å². The van der Waals surface area contributed by atoms with E-state index in [-0.39, 0.29) is 37.0 Å². The first-order valence-corrected chi connectivity index (χ1v) is 23.9. The monoisotopic (exact) mass is 884 g/mol. The van der Waals surface area contributed by atoms with Crippen LogP contribution in [0.3, 0.4) is 0 Å². The van der Waals surface area contributed by atoms with Crippen molar-refractivity contribution in [3.63, 3.8) is 0 Å². The van der Waals surface area contributed by atoms with Gasteiger partial charge in [-0.05, 0) is 59.1 Å². The molecule has 0 radical (unpaired) electrons. The minimum Gasteiger partial charge on any atom is -0.508 e. The molecular formula is C56H62O2SiZr. The van der Waals surface area contributed by atoms with Gasteiger partial charge in [-0.3, -0.25) is 0 Å². The molecule has 0 saturated heterocycles. The first-order chi connectivity index (χ1) is 27.8. The first-order valence-electron chi connectivity index (χ1n) is 20.9. The van der Waals surface area contributed by atoms with E-state index in [0.717, 1.165) is 11.1 Å². The summed E-state index contributed by atoms with van der Waals surface area (Å²) < 4.78 is 0. The molecule has 8 aromatic rings. The quantitative estimate of drug-likeness (QED) is 0.137. The molecule has 0 unspecified atom stereocenters. The number of hydrogen-bond donors (Lipinski definition) is 2. The van der Waals surface area contributed by atoms with E-state index in [1.165, 1.54) is 66.1 Å². The van der Waals surface area contributed by atoms with Gasteiger partial charge in [0.25, 0.3) is 0 Å². The van der Waals surface area contributed by atoms with E-state index < -0.39 is 8.07 Å². The van der Waals surface area contributed by atoms with Crippen LogP contribution in [0, 0.1) is 27.7 Å². The number of rotatable bonds is 4. The summed E-state index contributed by atoms with van der Waals surface area (Å²) in [5.74, 6) is 0.793. The van der Waals surface area contributed by atoms with Gasteiger partial charge in [0.2, 0.25) is 0 Å². The topological polar surface area (TPSA) is 40.5 Å². The Balaban J connectivity index is 0.000000224. The molecule has 0 saturated carbocycles. The zero-order chi connectivity index (χ0) is 42.9. The predicted octanol–water partition coefficient (Wildman–Crippen LogP) is 14.2. The zero-order valence-corrected chi connectivity index (χ0v) is 41.2. The van der Waals surface area contributed by atoms with Crippen LogP contribution in [-0.2, 0) is 37.0 Å². The van der Waals surface area contributed by atoms with Gasteiger partial charge in [0.1, 0.15) is 11.5 Å². The molecule has 306 valence electrons. The van der Waals surface area contributed by atoms with E-state index in [1.807, 2.05) is 38.1 Å². The Morgan fingerprint density at radius 1 is 0.450 bits per heavy atom. The van der Waals surface area contributed by atoms with Crippen LogP contribution in [0.5, 0.6) is 11.5 Å². The standard InChI is InChI=1S/C34H30Si.2C11H16O.Zr/c1-23-21-27-17-11-19-29(25-13-7-5-8-14-25)31(27)33(23)35(3,4)34-24(2)22-28-18-12-20-30(32(28)34)26-15-9-6-10-16-26;2*1-8-5-6-10(12)9(7-8)11(2,3)4;/h5-22H,1-4H3;2*5-7,12H,1-4H3;/q-2;;;+2. The van der Waals surface area contributed by atoms with Crippen molar-refractivity contribution in [2.75, 3.05) is 0 Å². The van der Waals surface area contributed by atoms with Crippen LogP contribution in [0.25, 0.3) is 43.8 Å². The number of hydrogen-bond acceptors (Lipinski definition) is 2. The molecule has 8 rings (SSSR count). The van der Waals surface area contributed by atoms with Crippen molar-refractivity contribution < 1.29 is 36.4 Å². The second kappa shape index (κ2) is 18.5. The van der Waals surface area contributed by atoms with E-state index in [1.54, 1.807) is 22.5 Å². The summed E-state index contributed by atoms with van der Waals surface area (Å²) in [5, 5.41) is 27.9. The number of benzene rings is 6. The van der Waals surface area contributed by atoms with Crippen LogP contribution in [0.4, 0.5) is 0 Å². The Hall–Kier alpha value is -4.76. The van der Waals surface area contributed by atoms with Crippen molar-refractivity contribution in [2.24, 2.45) is 0 Å². The molecule has 0 fully saturated rings. The van der Waals surface area contributed by atoms with Crippen LogP contribution in [0.2, 0.25) is 13.1 Å². The minimum atomic E-state index is -2.10. The minimum absolute atomic E-state index is 0. The van der Waals surface area contributed by atoms with Gasteiger partial charge in [0.15, 0.2) is 0 Å². The van der Waals surface area contributed by atoms with Crippen molar-refractivity contribution >= 4 is 40.0 Å². The third-order valence-electron chi connectivity index (χ3n) is 11.6. The SMILES string of the molecule is Cc1[cH-]c2cccc(-c3ccccc3)c2c1[Si](C)(C)c1c(C)[cH-]c2cccc(-c3ccccc3)c12.Cc1ccc(O)c(C(C)(C)C)c1.Cc1ccc(O)c(C(C)(C)C)c1.[Zr+2]. The summed E-state index contributed by atoms with van der Waals surface area (Å²) in [6, 6.07) is 51.6. The molecule has 4 heteroatoms. The van der Waals surface area contributed by atoms with Gasteiger partial charge in [-0.2, -0.15) is 10.4 Å². The van der Waals surface area contributed by atoms with E-state index in [9.17, 15) is 10.2 Å². The number of aryl methyl sites for hydroxylation is 4. The Morgan fingerprint density at radius 2 is 0.800 bits per heavy atom. The van der Waals surface area contributed by atoms with Crippen LogP contribution >= 0.6 is 0 Å². The number of phenolic OH excluding ortho intramolecular Hbond substituents is 2. The Kier molecular flexibility index (Phi) is 14.3. The fourth-order valence-electron chi connectivity index (χ4n) is 8.90. The fourth-order valence-corrected chi connectivity index (χ4v) is 13.1.